The maximum absolute atomic E-state index is 6.18. The fourth-order valence-corrected chi connectivity index (χ4v) is 1.80. The molecule has 1 aromatic carbocycles. The van der Waals surface area contributed by atoms with Crippen LogP contribution in [0.25, 0.3) is 5.69 Å². The molecule has 0 atom stereocenters. The molecule has 17 heavy (non-hydrogen) atoms. The lowest BCUT2D eigenvalue weighted by atomic mass is 10.2. The second-order valence-corrected chi connectivity index (χ2v) is 3.95. The number of nitrogens with zero attached hydrogens (tertiary/aromatic N) is 3. The van der Waals surface area contributed by atoms with Crippen LogP contribution < -0.4 is 11.1 Å². The minimum atomic E-state index is 0.633. The molecule has 90 valence electrons. The van der Waals surface area contributed by atoms with E-state index in [-0.39, 0.29) is 0 Å². The van der Waals surface area contributed by atoms with Gasteiger partial charge in [-0.05, 0) is 25.1 Å². The highest BCUT2D eigenvalue weighted by molar-refractivity contribution is 6.33. The van der Waals surface area contributed by atoms with Crippen molar-refractivity contribution in [1.29, 1.82) is 0 Å². The summed E-state index contributed by atoms with van der Waals surface area (Å²) in [5.41, 5.74) is 7.20. The van der Waals surface area contributed by atoms with Crippen LogP contribution in [0.2, 0.25) is 5.02 Å². The van der Waals surface area contributed by atoms with Crippen molar-refractivity contribution < 1.29 is 0 Å². The first-order valence-electron chi connectivity index (χ1n) is 5.40. The topological polar surface area (TPSA) is 68.8 Å². The highest BCUT2D eigenvalue weighted by Gasteiger charge is 2.09. The summed E-state index contributed by atoms with van der Waals surface area (Å²) in [7, 11) is 0. The number of para-hydroxylation sites is 1. The zero-order valence-corrected chi connectivity index (χ0v) is 10.1. The van der Waals surface area contributed by atoms with Crippen LogP contribution >= 0.6 is 11.6 Å². The predicted molar refractivity (Wildman–Crippen MR) is 68.5 cm³/mol. The number of nitrogens with one attached hydrogen (secondary N) is 1. The monoisotopic (exact) mass is 251 g/mol. The lowest BCUT2D eigenvalue weighted by Crippen LogP contribution is -2.10. The molecule has 0 aliphatic carbocycles. The Morgan fingerprint density at radius 3 is 3.00 bits per heavy atom. The van der Waals surface area contributed by atoms with Crippen molar-refractivity contribution in [2.45, 2.75) is 6.42 Å². The fraction of sp³-hybridized carbons (Fsp3) is 0.273. The second kappa shape index (κ2) is 5.65. The number of hydrogen-bond donors (Lipinski definition) is 2. The van der Waals surface area contributed by atoms with Gasteiger partial charge in [0.05, 0.1) is 10.7 Å². The van der Waals surface area contributed by atoms with E-state index in [9.17, 15) is 0 Å². The molecule has 3 N–H and O–H groups in total. The van der Waals surface area contributed by atoms with Gasteiger partial charge in [-0.25, -0.2) is 9.67 Å². The lowest BCUT2D eigenvalue weighted by Gasteiger charge is -2.12. The summed E-state index contributed by atoms with van der Waals surface area (Å²) in [4.78, 5) is 3.92. The number of anilines is 1. The van der Waals surface area contributed by atoms with E-state index < -0.39 is 0 Å². The third kappa shape index (κ3) is 2.75. The summed E-state index contributed by atoms with van der Waals surface area (Å²) in [6.45, 7) is 1.46. The maximum atomic E-state index is 6.18. The minimum absolute atomic E-state index is 0.633. The molecule has 5 nitrogen and oxygen atoms in total. The number of halogens is 1. The predicted octanol–water partition coefficient (Wildman–Crippen LogP) is 1.68. The summed E-state index contributed by atoms with van der Waals surface area (Å²) in [6.07, 6.45) is 4.01. The van der Waals surface area contributed by atoms with Gasteiger partial charge < -0.3 is 11.1 Å². The van der Waals surface area contributed by atoms with Crippen LogP contribution in [-0.2, 0) is 0 Å². The van der Waals surface area contributed by atoms with Crippen LogP contribution in [0.3, 0.4) is 0 Å². The van der Waals surface area contributed by atoms with E-state index in [1.807, 2.05) is 18.2 Å². The first-order valence-corrected chi connectivity index (χ1v) is 5.78. The Morgan fingerprint density at radius 1 is 1.41 bits per heavy atom. The molecule has 0 unspecified atom stereocenters. The van der Waals surface area contributed by atoms with Gasteiger partial charge in [0.15, 0.2) is 0 Å². The van der Waals surface area contributed by atoms with Gasteiger partial charge in [0.1, 0.15) is 18.3 Å². The van der Waals surface area contributed by atoms with Crippen LogP contribution in [0.15, 0.2) is 30.9 Å². The van der Waals surface area contributed by atoms with Gasteiger partial charge >= 0.3 is 0 Å². The van der Waals surface area contributed by atoms with Crippen molar-refractivity contribution in [2.75, 3.05) is 18.4 Å². The van der Waals surface area contributed by atoms with E-state index in [2.05, 4.69) is 15.4 Å². The molecular formula is C11H14ClN5. The van der Waals surface area contributed by atoms with E-state index in [0.717, 1.165) is 24.3 Å². The van der Waals surface area contributed by atoms with Gasteiger partial charge in [-0.15, -0.1) is 0 Å². The third-order valence-electron chi connectivity index (χ3n) is 2.33. The van der Waals surface area contributed by atoms with Crippen molar-refractivity contribution in [3.63, 3.8) is 0 Å². The smallest absolute Gasteiger partial charge is 0.138 e. The van der Waals surface area contributed by atoms with Crippen molar-refractivity contribution in [3.8, 4) is 5.69 Å². The molecule has 0 amide bonds. The highest BCUT2D eigenvalue weighted by Crippen LogP contribution is 2.27. The summed E-state index contributed by atoms with van der Waals surface area (Å²) in [5, 5.41) is 8.02. The fourth-order valence-electron chi connectivity index (χ4n) is 1.54. The van der Waals surface area contributed by atoms with E-state index in [1.165, 1.54) is 6.33 Å². The Labute approximate surface area is 105 Å². The molecule has 0 radical (unpaired) electrons. The maximum Gasteiger partial charge on any atom is 0.138 e. The van der Waals surface area contributed by atoms with Gasteiger partial charge in [-0.1, -0.05) is 17.7 Å². The van der Waals surface area contributed by atoms with Crippen LogP contribution in [0.4, 0.5) is 5.69 Å². The number of rotatable bonds is 5. The van der Waals surface area contributed by atoms with Crippen molar-refractivity contribution in [1.82, 2.24) is 14.8 Å². The molecule has 0 saturated heterocycles. The van der Waals surface area contributed by atoms with E-state index in [4.69, 9.17) is 17.3 Å². The van der Waals surface area contributed by atoms with Gasteiger partial charge in [0.2, 0.25) is 0 Å². The van der Waals surface area contributed by atoms with Crippen LogP contribution in [0.1, 0.15) is 6.42 Å². The van der Waals surface area contributed by atoms with Gasteiger partial charge in [0.25, 0.3) is 0 Å². The molecular weight excluding hydrogens is 238 g/mol. The number of aromatic nitrogens is 3. The van der Waals surface area contributed by atoms with Gasteiger partial charge in [0, 0.05) is 6.54 Å². The van der Waals surface area contributed by atoms with E-state index >= 15 is 0 Å². The molecule has 0 bridgehead atoms. The van der Waals surface area contributed by atoms with Crippen molar-refractivity contribution in [2.24, 2.45) is 5.73 Å². The Bertz CT molecular complexity index is 469. The number of nitrogens with two attached hydrogens (primary N) is 1. The summed E-state index contributed by atoms with van der Waals surface area (Å²) in [5.74, 6) is 0. The molecule has 0 spiro atoms. The van der Waals surface area contributed by atoms with Crippen LogP contribution in [0.5, 0.6) is 0 Å². The molecule has 2 rings (SSSR count). The minimum Gasteiger partial charge on any atom is -0.383 e. The molecule has 0 fully saturated rings. The number of hydrogen-bond acceptors (Lipinski definition) is 4. The molecule has 0 aliphatic heterocycles. The van der Waals surface area contributed by atoms with Gasteiger partial charge in [-0.3, -0.25) is 0 Å². The third-order valence-corrected chi connectivity index (χ3v) is 2.64. The standard InChI is InChI=1S/C11H14ClN5/c12-9-3-1-4-10(15-6-2-5-13)11(9)17-8-14-7-16-17/h1,3-4,7-8,15H,2,5-6,13H2. The Balaban J connectivity index is 2.29. The average molecular weight is 252 g/mol. The Hall–Kier alpha value is -1.59. The zero-order valence-electron chi connectivity index (χ0n) is 9.31. The van der Waals surface area contributed by atoms with Crippen molar-refractivity contribution in [3.05, 3.63) is 35.9 Å². The first kappa shape index (κ1) is 11.9. The second-order valence-electron chi connectivity index (χ2n) is 3.55. The quantitative estimate of drug-likeness (QED) is 0.794. The molecule has 0 saturated carbocycles. The van der Waals surface area contributed by atoms with E-state index in [0.29, 0.717) is 11.6 Å². The number of benzene rings is 1. The van der Waals surface area contributed by atoms with Crippen LogP contribution in [-0.4, -0.2) is 27.9 Å². The summed E-state index contributed by atoms with van der Waals surface area (Å²) in [6, 6.07) is 5.68. The molecule has 1 aromatic heterocycles. The largest absolute Gasteiger partial charge is 0.383 e. The van der Waals surface area contributed by atoms with Crippen LogP contribution in [0, 0.1) is 0 Å². The Morgan fingerprint density at radius 2 is 2.29 bits per heavy atom. The average Bonchev–Trinajstić information content (AvgIpc) is 2.83. The SMILES string of the molecule is NCCCNc1cccc(Cl)c1-n1cncn1. The van der Waals surface area contributed by atoms with E-state index in [1.54, 1.807) is 11.0 Å². The Kier molecular flexibility index (Phi) is 3.95. The van der Waals surface area contributed by atoms with Crippen molar-refractivity contribution >= 4 is 17.3 Å². The first-order chi connectivity index (χ1) is 8.33. The van der Waals surface area contributed by atoms with Gasteiger partial charge in [-0.2, -0.15) is 5.10 Å². The molecule has 6 heteroatoms. The normalized spacial score (nSPS) is 10.5. The molecule has 0 aliphatic rings. The molecule has 2 aromatic rings. The molecule has 1 heterocycles. The lowest BCUT2D eigenvalue weighted by molar-refractivity contribution is 0.857. The summed E-state index contributed by atoms with van der Waals surface area (Å²) < 4.78 is 1.65. The summed E-state index contributed by atoms with van der Waals surface area (Å²) >= 11 is 6.18. The highest BCUT2D eigenvalue weighted by atomic mass is 35.5. The zero-order chi connectivity index (χ0) is 12.1.